The normalized spacial score (nSPS) is 22.8. The van der Waals surface area contributed by atoms with E-state index in [0.29, 0.717) is 6.04 Å². The number of likely N-dealkylation sites (N-methyl/N-ethyl adjacent to an activating group) is 1. The van der Waals surface area contributed by atoms with Crippen LogP contribution in [-0.2, 0) is 4.74 Å². The lowest BCUT2D eigenvalue weighted by molar-refractivity contribution is 0.163. The van der Waals surface area contributed by atoms with Crippen molar-refractivity contribution in [1.82, 2.24) is 15.5 Å². The van der Waals surface area contributed by atoms with Gasteiger partial charge in [-0.15, -0.1) is 0 Å². The zero-order valence-electron chi connectivity index (χ0n) is 14.0. The Labute approximate surface area is 134 Å². The van der Waals surface area contributed by atoms with Gasteiger partial charge in [-0.05, 0) is 39.5 Å². The minimum atomic E-state index is 0.575. The summed E-state index contributed by atoms with van der Waals surface area (Å²) in [6.07, 6.45) is 6.03. The molecule has 5 nitrogen and oxygen atoms in total. The molecule has 0 heterocycles. The molecule has 0 bridgehead atoms. The quantitative estimate of drug-likeness (QED) is 0.497. The Morgan fingerprint density at radius 1 is 1.38 bits per heavy atom. The number of rotatable bonds is 9. The Balaban J connectivity index is 2.32. The van der Waals surface area contributed by atoms with E-state index in [1.807, 2.05) is 11.8 Å². The predicted molar refractivity (Wildman–Crippen MR) is 93.4 cm³/mol. The molecule has 1 aliphatic carbocycles. The van der Waals surface area contributed by atoms with Crippen LogP contribution in [0, 0.1) is 0 Å². The van der Waals surface area contributed by atoms with Crippen LogP contribution in [-0.4, -0.2) is 75.4 Å². The Morgan fingerprint density at radius 3 is 2.81 bits per heavy atom. The van der Waals surface area contributed by atoms with Gasteiger partial charge in [0.1, 0.15) is 0 Å². The van der Waals surface area contributed by atoms with Crippen LogP contribution in [0.15, 0.2) is 4.99 Å². The number of nitrogens with zero attached hydrogens (tertiary/aromatic N) is 2. The summed E-state index contributed by atoms with van der Waals surface area (Å²) in [6.45, 7) is 6.52. The van der Waals surface area contributed by atoms with Crippen molar-refractivity contribution >= 4 is 17.7 Å². The third-order valence-corrected chi connectivity index (χ3v) is 4.93. The van der Waals surface area contributed by atoms with Crippen LogP contribution in [0.3, 0.4) is 0 Å². The van der Waals surface area contributed by atoms with E-state index in [-0.39, 0.29) is 0 Å². The highest BCUT2D eigenvalue weighted by Crippen LogP contribution is 2.27. The SMILES string of the molecule is CCNC(=NCCN(C)CCOC)NC1CCC(SC)C1. The third-order valence-electron chi connectivity index (χ3n) is 3.83. The van der Waals surface area contributed by atoms with Crippen molar-refractivity contribution < 1.29 is 4.74 Å². The van der Waals surface area contributed by atoms with Crippen LogP contribution in [0.5, 0.6) is 0 Å². The fraction of sp³-hybridized carbons (Fsp3) is 0.933. The molecule has 6 heteroatoms. The Bertz CT molecular complexity index is 301. The number of nitrogens with one attached hydrogen (secondary N) is 2. The van der Waals surface area contributed by atoms with E-state index < -0.39 is 0 Å². The smallest absolute Gasteiger partial charge is 0.191 e. The molecule has 2 unspecified atom stereocenters. The van der Waals surface area contributed by atoms with Gasteiger partial charge in [-0.3, -0.25) is 4.99 Å². The number of methoxy groups -OCH3 is 1. The zero-order chi connectivity index (χ0) is 15.5. The number of hydrogen-bond acceptors (Lipinski definition) is 4. The van der Waals surface area contributed by atoms with Crippen LogP contribution in [0.25, 0.3) is 0 Å². The van der Waals surface area contributed by atoms with Crippen LogP contribution in [0.4, 0.5) is 0 Å². The van der Waals surface area contributed by atoms with Gasteiger partial charge in [0.15, 0.2) is 5.96 Å². The fourth-order valence-corrected chi connectivity index (χ4v) is 3.29. The first-order chi connectivity index (χ1) is 10.2. The van der Waals surface area contributed by atoms with E-state index in [4.69, 9.17) is 4.74 Å². The van der Waals surface area contributed by atoms with Crippen LogP contribution in [0.1, 0.15) is 26.2 Å². The molecule has 124 valence electrons. The standard InChI is InChI=1S/C15H32N4OS/c1-5-16-15(17-8-9-19(2)10-11-20-3)18-13-6-7-14(12-13)21-4/h13-14H,5-12H2,1-4H3,(H2,16,17,18). The number of hydrogen-bond donors (Lipinski definition) is 2. The molecule has 1 fully saturated rings. The molecule has 1 saturated carbocycles. The molecule has 0 aromatic carbocycles. The molecule has 0 aromatic rings. The summed E-state index contributed by atoms with van der Waals surface area (Å²) < 4.78 is 5.08. The Kier molecular flexibility index (Phi) is 9.87. The molecule has 0 aliphatic heterocycles. The third kappa shape index (κ3) is 7.93. The van der Waals surface area contributed by atoms with Gasteiger partial charge in [-0.2, -0.15) is 11.8 Å². The maximum atomic E-state index is 5.08. The summed E-state index contributed by atoms with van der Waals surface area (Å²) in [5, 5.41) is 7.74. The van der Waals surface area contributed by atoms with Gasteiger partial charge in [0.05, 0.1) is 13.2 Å². The molecule has 1 aliphatic rings. The second kappa shape index (κ2) is 11.2. The second-order valence-corrected chi connectivity index (χ2v) is 6.71. The highest BCUT2D eigenvalue weighted by atomic mass is 32.2. The van der Waals surface area contributed by atoms with Gasteiger partial charge in [0, 0.05) is 38.0 Å². The largest absolute Gasteiger partial charge is 0.383 e. The van der Waals surface area contributed by atoms with Crippen molar-refractivity contribution in [1.29, 1.82) is 0 Å². The first kappa shape index (κ1) is 18.6. The number of guanidine groups is 1. The number of thioether (sulfide) groups is 1. The highest BCUT2D eigenvalue weighted by Gasteiger charge is 2.24. The lowest BCUT2D eigenvalue weighted by Crippen LogP contribution is -2.43. The fourth-order valence-electron chi connectivity index (χ4n) is 2.49. The van der Waals surface area contributed by atoms with Crippen LogP contribution < -0.4 is 10.6 Å². The summed E-state index contributed by atoms with van der Waals surface area (Å²) in [6, 6.07) is 0.575. The molecule has 2 N–H and O–H groups in total. The summed E-state index contributed by atoms with van der Waals surface area (Å²) in [4.78, 5) is 6.93. The predicted octanol–water partition coefficient (Wildman–Crippen LogP) is 1.40. The van der Waals surface area contributed by atoms with E-state index >= 15 is 0 Å². The Morgan fingerprint density at radius 2 is 2.19 bits per heavy atom. The van der Waals surface area contributed by atoms with Gasteiger partial charge < -0.3 is 20.3 Å². The van der Waals surface area contributed by atoms with E-state index in [9.17, 15) is 0 Å². The lowest BCUT2D eigenvalue weighted by atomic mass is 10.2. The first-order valence-electron chi connectivity index (χ1n) is 7.94. The monoisotopic (exact) mass is 316 g/mol. The van der Waals surface area contributed by atoms with Gasteiger partial charge >= 0.3 is 0 Å². The van der Waals surface area contributed by atoms with E-state index in [2.05, 4.69) is 40.8 Å². The topological polar surface area (TPSA) is 48.9 Å². The van der Waals surface area contributed by atoms with Crippen LogP contribution >= 0.6 is 11.8 Å². The molecular weight excluding hydrogens is 284 g/mol. The maximum Gasteiger partial charge on any atom is 0.191 e. The van der Waals surface area contributed by atoms with Gasteiger partial charge in [-0.1, -0.05) is 0 Å². The zero-order valence-corrected chi connectivity index (χ0v) is 14.8. The summed E-state index contributed by atoms with van der Waals surface area (Å²) in [5.74, 6) is 0.962. The van der Waals surface area contributed by atoms with E-state index in [1.165, 1.54) is 19.3 Å². The minimum Gasteiger partial charge on any atom is -0.383 e. The van der Waals surface area contributed by atoms with Gasteiger partial charge in [0.2, 0.25) is 0 Å². The molecule has 0 spiro atoms. The second-order valence-electron chi connectivity index (χ2n) is 5.57. The summed E-state index contributed by atoms with van der Waals surface area (Å²) in [7, 11) is 3.84. The molecule has 1 rings (SSSR count). The van der Waals surface area contributed by atoms with Crippen molar-refractivity contribution in [3.63, 3.8) is 0 Å². The molecule has 2 atom stereocenters. The first-order valence-corrected chi connectivity index (χ1v) is 9.23. The molecule has 0 amide bonds. The van der Waals surface area contributed by atoms with Crippen molar-refractivity contribution in [2.45, 2.75) is 37.5 Å². The molecule has 21 heavy (non-hydrogen) atoms. The van der Waals surface area contributed by atoms with Crippen LogP contribution in [0.2, 0.25) is 0 Å². The van der Waals surface area contributed by atoms with Crippen molar-refractivity contribution in [2.75, 3.05) is 53.2 Å². The number of ether oxygens (including phenoxy) is 1. The summed E-state index contributed by atoms with van der Waals surface area (Å²) >= 11 is 1.99. The van der Waals surface area contributed by atoms with Gasteiger partial charge in [0.25, 0.3) is 0 Å². The summed E-state index contributed by atoms with van der Waals surface area (Å²) in [5.41, 5.74) is 0. The van der Waals surface area contributed by atoms with Crippen molar-refractivity contribution in [2.24, 2.45) is 4.99 Å². The molecular formula is C15H32N4OS. The average molecular weight is 317 g/mol. The number of aliphatic imine (C=N–C) groups is 1. The molecule has 0 saturated heterocycles. The van der Waals surface area contributed by atoms with E-state index in [0.717, 1.165) is 44.0 Å². The molecule has 0 radical (unpaired) electrons. The maximum absolute atomic E-state index is 5.08. The average Bonchev–Trinajstić information content (AvgIpc) is 2.93. The Hall–Kier alpha value is -0.460. The molecule has 0 aromatic heterocycles. The highest BCUT2D eigenvalue weighted by molar-refractivity contribution is 7.99. The van der Waals surface area contributed by atoms with Gasteiger partial charge in [-0.25, -0.2) is 0 Å². The van der Waals surface area contributed by atoms with Crippen molar-refractivity contribution in [3.05, 3.63) is 0 Å². The van der Waals surface area contributed by atoms with Crippen molar-refractivity contribution in [3.8, 4) is 0 Å². The lowest BCUT2D eigenvalue weighted by Gasteiger charge is -2.18. The minimum absolute atomic E-state index is 0.575. The van der Waals surface area contributed by atoms with E-state index in [1.54, 1.807) is 7.11 Å².